The lowest BCUT2D eigenvalue weighted by Crippen LogP contribution is -1.85. The van der Waals surface area contributed by atoms with Gasteiger partial charge >= 0.3 is 0 Å². The van der Waals surface area contributed by atoms with Gasteiger partial charge in [-0.25, -0.2) is 0 Å². The second-order valence-corrected chi connectivity index (χ2v) is 2.75. The van der Waals surface area contributed by atoms with E-state index in [4.69, 9.17) is 4.74 Å². The molecule has 1 heterocycles. The summed E-state index contributed by atoms with van der Waals surface area (Å²) >= 11 is 0. The smallest absolute Gasteiger partial charge is 0.127 e. The van der Waals surface area contributed by atoms with Gasteiger partial charge in [-0.15, -0.1) is 0 Å². The number of ether oxygens (including phenoxy) is 1. The van der Waals surface area contributed by atoms with Crippen LogP contribution in [-0.4, -0.2) is 11.7 Å². The molecule has 1 radical (unpaired) electrons. The topological polar surface area (TPSA) is 14.2 Å². The Hall–Kier alpha value is -1.44. The van der Waals surface area contributed by atoms with Gasteiger partial charge in [-0.05, 0) is 18.2 Å². The number of aryl methyl sites for hydroxylation is 1. The van der Waals surface area contributed by atoms with Gasteiger partial charge in [0.25, 0.3) is 0 Å². The fraction of sp³-hybridized carbons (Fsp3) is 0.200. The van der Waals surface area contributed by atoms with Gasteiger partial charge in [0, 0.05) is 30.2 Å². The number of fused-ring (bicyclic) bond motifs is 1. The molecule has 0 aliphatic rings. The maximum atomic E-state index is 5.07. The fourth-order valence-corrected chi connectivity index (χ4v) is 1.30. The van der Waals surface area contributed by atoms with Crippen molar-refractivity contribution in [2.75, 3.05) is 7.11 Å². The number of aromatic nitrogens is 1. The Morgan fingerprint density at radius 2 is 2.17 bits per heavy atom. The van der Waals surface area contributed by atoms with E-state index in [1.165, 1.54) is 5.52 Å². The van der Waals surface area contributed by atoms with E-state index in [9.17, 15) is 0 Å². The van der Waals surface area contributed by atoms with Gasteiger partial charge in [0.2, 0.25) is 0 Å². The maximum absolute atomic E-state index is 5.07. The number of benzene rings is 1. The second kappa shape index (κ2) is 2.55. The highest BCUT2D eigenvalue weighted by Gasteiger charge is 1.98. The third-order valence-corrected chi connectivity index (χ3v) is 1.99. The molecule has 0 saturated heterocycles. The number of rotatable bonds is 1. The number of hydrogen-bond donors (Lipinski definition) is 0. The van der Waals surface area contributed by atoms with E-state index < -0.39 is 0 Å². The Labute approximate surface area is 71.4 Å². The van der Waals surface area contributed by atoms with Gasteiger partial charge in [-0.3, -0.25) is 0 Å². The highest BCUT2D eigenvalue weighted by atomic mass is 16.5. The molecule has 0 aliphatic heterocycles. The molecule has 2 rings (SSSR count). The molecule has 0 spiro atoms. The summed E-state index contributed by atoms with van der Waals surface area (Å²) in [4.78, 5) is 0. The van der Waals surface area contributed by atoms with Crippen molar-refractivity contribution in [1.82, 2.24) is 4.57 Å². The highest BCUT2D eigenvalue weighted by Crippen LogP contribution is 2.19. The van der Waals surface area contributed by atoms with Crippen LogP contribution in [0, 0.1) is 6.07 Å². The van der Waals surface area contributed by atoms with Gasteiger partial charge in [0.05, 0.1) is 7.11 Å². The second-order valence-electron chi connectivity index (χ2n) is 2.75. The first-order valence-electron chi connectivity index (χ1n) is 3.82. The molecule has 0 fully saturated rings. The molecule has 2 aromatic rings. The van der Waals surface area contributed by atoms with Gasteiger partial charge in [0.1, 0.15) is 5.75 Å². The van der Waals surface area contributed by atoms with Crippen LogP contribution in [0.4, 0.5) is 0 Å². The molecule has 2 nitrogen and oxygen atoms in total. The lowest BCUT2D eigenvalue weighted by molar-refractivity contribution is 0.414. The third kappa shape index (κ3) is 0.961. The molecule has 0 aliphatic carbocycles. The van der Waals surface area contributed by atoms with Crippen molar-refractivity contribution in [3.63, 3.8) is 0 Å². The molecular weight excluding hydrogens is 150 g/mol. The standard InChI is InChI=1S/C10H10NO/c1-11-6-5-8-7-9(12-2)3-4-10(8)11/h3-6H,1-2H3. The summed E-state index contributed by atoms with van der Waals surface area (Å²) in [6.07, 6.45) is 2.01. The van der Waals surface area contributed by atoms with Crippen molar-refractivity contribution < 1.29 is 4.74 Å². The van der Waals surface area contributed by atoms with Gasteiger partial charge in [0.15, 0.2) is 0 Å². The summed E-state index contributed by atoms with van der Waals surface area (Å²) in [5, 5.41) is 1.09. The van der Waals surface area contributed by atoms with Gasteiger partial charge < -0.3 is 9.30 Å². The highest BCUT2D eigenvalue weighted by molar-refractivity contribution is 5.80. The molecule has 0 amide bonds. The zero-order chi connectivity index (χ0) is 8.55. The lowest BCUT2D eigenvalue weighted by Gasteiger charge is -1.99. The Kier molecular flexibility index (Phi) is 1.54. The largest absolute Gasteiger partial charge is 0.496 e. The fourth-order valence-electron chi connectivity index (χ4n) is 1.30. The maximum Gasteiger partial charge on any atom is 0.127 e. The minimum atomic E-state index is 0.786. The molecule has 0 N–H and O–H groups in total. The van der Waals surface area contributed by atoms with E-state index >= 15 is 0 Å². The molecule has 1 aromatic carbocycles. The molecule has 0 unspecified atom stereocenters. The van der Waals surface area contributed by atoms with Crippen LogP contribution >= 0.6 is 0 Å². The summed E-state index contributed by atoms with van der Waals surface area (Å²) in [5.41, 5.74) is 1.18. The summed E-state index contributed by atoms with van der Waals surface area (Å²) in [6, 6.07) is 9.13. The van der Waals surface area contributed by atoms with Crippen molar-refractivity contribution in [3.8, 4) is 5.75 Å². The zero-order valence-corrected chi connectivity index (χ0v) is 7.16. The third-order valence-electron chi connectivity index (χ3n) is 1.99. The first kappa shape index (κ1) is 7.22. The van der Waals surface area contributed by atoms with Crippen LogP contribution in [0.3, 0.4) is 0 Å². The lowest BCUT2D eigenvalue weighted by atomic mass is 10.2. The Morgan fingerprint density at radius 1 is 1.33 bits per heavy atom. The summed E-state index contributed by atoms with van der Waals surface area (Å²) < 4.78 is 7.13. The van der Waals surface area contributed by atoms with Crippen LogP contribution in [0.5, 0.6) is 5.75 Å². The van der Waals surface area contributed by atoms with Crippen molar-refractivity contribution in [2.24, 2.45) is 7.05 Å². The minimum Gasteiger partial charge on any atom is -0.496 e. The zero-order valence-electron chi connectivity index (χ0n) is 7.16. The number of methoxy groups -OCH3 is 1. The molecule has 61 valence electrons. The van der Waals surface area contributed by atoms with Crippen molar-refractivity contribution in [2.45, 2.75) is 0 Å². The SMILES string of the molecule is COc1[c]c2ccn(C)c2cc1. The Morgan fingerprint density at radius 3 is 2.92 bits per heavy atom. The van der Waals surface area contributed by atoms with Crippen LogP contribution in [0.1, 0.15) is 0 Å². The number of hydrogen-bond acceptors (Lipinski definition) is 1. The van der Waals surface area contributed by atoms with Gasteiger partial charge in [-0.1, -0.05) is 0 Å². The molecule has 0 saturated carbocycles. The molecular formula is C10H10NO. The molecule has 0 bridgehead atoms. The van der Waals surface area contributed by atoms with Crippen molar-refractivity contribution in [1.29, 1.82) is 0 Å². The summed E-state index contributed by atoms with van der Waals surface area (Å²) in [5.74, 6) is 0.786. The van der Waals surface area contributed by atoms with Crippen LogP contribution in [0.2, 0.25) is 0 Å². The van der Waals surface area contributed by atoms with Crippen molar-refractivity contribution in [3.05, 3.63) is 30.5 Å². The van der Waals surface area contributed by atoms with Crippen LogP contribution in [0.15, 0.2) is 24.4 Å². The van der Waals surface area contributed by atoms with E-state index in [0.29, 0.717) is 0 Å². The average molecular weight is 160 g/mol. The van der Waals surface area contributed by atoms with Gasteiger partial charge in [-0.2, -0.15) is 0 Å². The van der Waals surface area contributed by atoms with E-state index in [1.54, 1.807) is 7.11 Å². The summed E-state index contributed by atoms with van der Waals surface area (Å²) in [7, 11) is 3.67. The first-order valence-corrected chi connectivity index (χ1v) is 3.82. The normalized spacial score (nSPS) is 10.5. The van der Waals surface area contributed by atoms with E-state index in [0.717, 1.165) is 11.1 Å². The van der Waals surface area contributed by atoms with E-state index in [1.807, 2.05) is 31.4 Å². The predicted molar refractivity (Wildman–Crippen MR) is 48.3 cm³/mol. The molecule has 0 atom stereocenters. The average Bonchev–Trinajstić information content (AvgIpc) is 2.47. The van der Waals surface area contributed by atoms with Crippen molar-refractivity contribution >= 4 is 10.9 Å². The van der Waals surface area contributed by atoms with Crippen LogP contribution in [0.25, 0.3) is 10.9 Å². The predicted octanol–water partition coefficient (Wildman–Crippen LogP) is 1.99. The Balaban J connectivity index is 2.69. The van der Waals surface area contributed by atoms with Crippen LogP contribution < -0.4 is 4.74 Å². The molecule has 2 heteroatoms. The minimum absolute atomic E-state index is 0.786. The molecule has 12 heavy (non-hydrogen) atoms. The van der Waals surface area contributed by atoms with E-state index in [2.05, 4.69) is 10.6 Å². The number of nitrogens with zero attached hydrogens (tertiary/aromatic N) is 1. The monoisotopic (exact) mass is 160 g/mol. The van der Waals surface area contributed by atoms with E-state index in [-0.39, 0.29) is 0 Å². The summed E-state index contributed by atoms with van der Waals surface area (Å²) in [6.45, 7) is 0. The first-order chi connectivity index (χ1) is 5.81. The quantitative estimate of drug-likeness (QED) is 0.622. The molecule has 1 aromatic heterocycles. The Bertz CT molecular complexity index is 403. The van der Waals surface area contributed by atoms with Crippen LogP contribution in [-0.2, 0) is 7.05 Å².